The van der Waals surface area contributed by atoms with Crippen LogP contribution in [-0.2, 0) is 0 Å². The predicted molar refractivity (Wildman–Crippen MR) is 74.9 cm³/mol. The Morgan fingerprint density at radius 1 is 1.29 bits per heavy atom. The molecular formula is C13H22N2OS. The Kier molecular flexibility index (Phi) is 6.40. The topological polar surface area (TPSA) is 49.5 Å². The van der Waals surface area contributed by atoms with Gasteiger partial charge in [-0.1, -0.05) is 19.9 Å². The summed E-state index contributed by atoms with van der Waals surface area (Å²) in [5, 5.41) is 9.38. The Labute approximate surface area is 108 Å². The number of rotatable bonds is 2. The van der Waals surface area contributed by atoms with Crippen molar-refractivity contribution in [3.63, 3.8) is 0 Å². The lowest BCUT2D eigenvalue weighted by atomic mass is 10.1. The van der Waals surface area contributed by atoms with Crippen LogP contribution in [0.2, 0.25) is 0 Å². The number of aliphatic hydroxyl groups is 1. The zero-order chi connectivity index (χ0) is 12.7. The Morgan fingerprint density at radius 3 is 2.53 bits per heavy atom. The molecule has 17 heavy (non-hydrogen) atoms. The fourth-order valence-corrected chi connectivity index (χ4v) is 2.67. The highest BCUT2D eigenvalue weighted by Crippen LogP contribution is 2.27. The van der Waals surface area contributed by atoms with Gasteiger partial charge in [0.1, 0.15) is 0 Å². The molecule has 1 heterocycles. The van der Waals surface area contributed by atoms with E-state index in [0.29, 0.717) is 0 Å². The van der Waals surface area contributed by atoms with E-state index in [-0.39, 0.29) is 6.10 Å². The highest BCUT2D eigenvalue weighted by Gasteiger charge is 2.17. The Hall–Kier alpha value is -0.710. The number of hydrogen-bond acceptors (Lipinski definition) is 4. The second-order valence-corrected chi connectivity index (χ2v) is 4.99. The molecule has 1 saturated heterocycles. The lowest BCUT2D eigenvalue weighted by molar-refractivity contribution is 0.116. The van der Waals surface area contributed by atoms with E-state index in [4.69, 9.17) is 5.73 Å². The van der Waals surface area contributed by atoms with Crippen LogP contribution in [-0.4, -0.2) is 28.6 Å². The molecular weight excluding hydrogens is 232 g/mol. The van der Waals surface area contributed by atoms with Crippen molar-refractivity contribution < 1.29 is 5.11 Å². The molecule has 2 rings (SSSR count). The van der Waals surface area contributed by atoms with Gasteiger partial charge in [-0.25, -0.2) is 4.31 Å². The molecule has 0 amide bonds. The Bertz CT molecular complexity index is 325. The molecule has 0 bridgehead atoms. The largest absolute Gasteiger partial charge is 0.399 e. The zero-order valence-corrected chi connectivity index (χ0v) is 11.4. The summed E-state index contributed by atoms with van der Waals surface area (Å²) in [5.41, 5.74) is 6.52. The second kappa shape index (κ2) is 7.58. The molecule has 0 saturated carbocycles. The van der Waals surface area contributed by atoms with E-state index in [9.17, 15) is 5.11 Å². The number of anilines is 1. The van der Waals surface area contributed by atoms with Gasteiger partial charge in [0, 0.05) is 23.7 Å². The van der Waals surface area contributed by atoms with Crippen molar-refractivity contribution in [2.24, 2.45) is 0 Å². The summed E-state index contributed by atoms with van der Waals surface area (Å²) in [6, 6.07) is 7.90. The van der Waals surface area contributed by atoms with Crippen LogP contribution in [0.3, 0.4) is 0 Å². The molecule has 1 fully saturated rings. The summed E-state index contributed by atoms with van der Waals surface area (Å²) in [6.07, 6.45) is 1.63. The maximum absolute atomic E-state index is 9.38. The van der Waals surface area contributed by atoms with Crippen molar-refractivity contribution in [3.05, 3.63) is 24.3 Å². The third-order valence-corrected chi connectivity index (χ3v) is 3.60. The van der Waals surface area contributed by atoms with Gasteiger partial charge >= 0.3 is 0 Å². The normalized spacial score (nSPS) is 17.4. The lowest BCUT2D eigenvalue weighted by Crippen LogP contribution is -2.30. The lowest BCUT2D eigenvalue weighted by Gasteiger charge is -2.28. The van der Waals surface area contributed by atoms with Gasteiger partial charge in [0.2, 0.25) is 0 Å². The van der Waals surface area contributed by atoms with Gasteiger partial charge in [-0.2, -0.15) is 0 Å². The maximum Gasteiger partial charge on any atom is 0.0565 e. The highest BCUT2D eigenvalue weighted by molar-refractivity contribution is 7.97. The van der Waals surface area contributed by atoms with Crippen molar-refractivity contribution in [2.75, 3.05) is 18.8 Å². The van der Waals surface area contributed by atoms with Gasteiger partial charge in [0.05, 0.1) is 6.10 Å². The van der Waals surface area contributed by atoms with E-state index in [0.717, 1.165) is 31.6 Å². The van der Waals surface area contributed by atoms with Crippen molar-refractivity contribution in [1.29, 1.82) is 0 Å². The first kappa shape index (κ1) is 14.4. The van der Waals surface area contributed by atoms with Gasteiger partial charge in [0.15, 0.2) is 0 Å². The molecule has 0 atom stereocenters. The molecule has 1 aromatic rings. The van der Waals surface area contributed by atoms with E-state index in [1.165, 1.54) is 4.90 Å². The van der Waals surface area contributed by atoms with Crippen LogP contribution in [0, 0.1) is 0 Å². The van der Waals surface area contributed by atoms with Crippen LogP contribution in [0.15, 0.2) is 29.2 Å². The highest BCUT2D eigenvalue weighted by atomic mass is 32.2. The van der Waals surface area contributed by atoms with Crippen LogP contribution in [0.5, 0.6) is 0 Å². The summed E-state index contributed by atoms with van der Waals surface area (Å²) in [7, 11) is 0. The quantitative estimate of drug-likeness (QED) is 0.629. The molecule has 1 aliphatic heterocycles. The van der Waals surface area contributed by atoms with Crippen LogP contribution < -0.4 is 5.73 Å². The monoisotopic (exact) mass is 254 g/mol. The summed E-state index contributed by atoms with van der Waals surface area (Å²) < 4.78 is 2.28. The number of aliphatic hydroxyl groups excluding tert-OH is 1. The van der Waals surface area contributed by atoms with Gasteiger partial charge in [-0.15, -0.1) is 0 Å². The van der Waals surface area contributed by atoms with E-state index in [2.05, 4.69) is 10.4 Å². The van der Waals surface area contributed by atoms with Crippen LogP contribution in [0.25, 0.3) is 0 Å². The molecule has 3 N–H and O–H groups in total. The number of piperidine rings is 1. The average molecular weight is 254 g/mol. The molecule has 1 aliphatic rings. The summed E-state index contributed by atoms with van der Waals surface area (Å²) >= 11 is 1.72. The Morgan fingerprint density at radius 2 is 1.94 bits per heavy atom. The fraction of sp³-hybridized carbons (Fsp3) is 0.538. The number of nitrogens with two attached hydrogens (primary N) is 1. The first-order valence-corrected chi connectivity index (χ1v) is 6.98. The standard InChI is InChI=1S/C11H16N2OS.C2H6/c12-9-2-1-3-11(8-9)15-13-6-4-10(14)5-7-13;1-2/h1-3,8,10,14H,4-7,12H2;1-2H3. The van der Waals surface area contributed by atoms with Crippen LogP contribution >= 0.6 is 11.9 Å². The van der Waals surface area contributed by atoms with Crippen molar-refractivity contribution in [3.8, 4) is 0 Å². The zero-order valence-electron chi connectivity index (χ0n) is 10.6. The van der Waals surface area contributed by atoms with Gasteiger partial charge < -0.3 is 10.8 Å². The predicted octanol–water partition coefficient (Wildman–Crippen LogP) is 2.76. The van der Waals surface area contributed by atoms with Gasteiger partial charge in [0.25, 0.3) is 0 Å². The van der Waals surface area contributed by atoms with Gasteiger partial charge in [-0.3, -0.25) is 0 Å². The van der Waals surface area contributed by atoms with E-state index in [1.807, 2.05) is 32.0 Å². The number of benzene rings is 1. The fourth-order valence-electron chi connectivity index (χ4n) is 1.65. The number of nitrogens with zero attached hydrogens (tertiary/aromatic N) is 1. The SMILES string of the molecule is CC.Nc1cccc(SN2CCC(O)CC2)c1. The Balaban J connectivity index is 0.000000686. The second-order valence-electron chi connectivity index (χ2n) is 3.82. The first-order chi connectivity index (χ1) is 8.24. The summed E-state index contributed by atoms with van der Waals surface area (Å²) in [5.74, 6) is 0. The van der Waals surface area contributed by atoms with Crippen molar-refractivity contribution in [1.82, 2.24) is 4.31 Å². The third kappa shape index (κ3) is 4.98. The number of nitrogen functional groups attached to an aromatic ring is 1. The molecule has 3 nitrogen and oxygen atoms in total. The molecule has 0 spiro atoms. The minimum atomic E-state index is -0.109. The van der Waals surface area contributed by atoms with Crippen LogP contribution in [0.4, 0.5) is 5.69 Å². The molecule has 1 aromatic carbocycles. The number of hydrogen-bond donors (Lipinski definition) is 2. The maximum atomic E-state index is 9.38. The molecule has 0 radical (unpaired) electrons. The summed E-state index contributed by atoms with van der Waals surface area (Å²) in [6.45, 7) is 5.89. The molecule has 0 aliphatic carbocycles. The van der Waals surface area contributed by atoms with Crippen LogP contribution in [0.1, 0.15) is 26.7 Å². The molecule has 0 unspecified atom stereocenters. The minimum absolute atomic E-state index is 0.109. The smallest absolute Gasteiger partial charge is 0.0565 e. The third-order valence-electron chi connectivity index (χ3n) is 2.52. The minimum Gasteiger partial charge on any atom is -0.399 e. The van der Waals surface area contributed by atoms with E-state index < -0.39 is 0 Å². The molecule has 4 heteroatoms. The van der Waals surface area contributed by atoms with Crippen molar-refractivity contribution in [2.45, 2.75) is 37.7 Å². The molecule has 0 aromatic heterocycles. The average Bonchev–Trinajstić information content (AvgIpc) is 2.35. The van der Waals surface area contributed by atoms with Gasteiger partial charge in [-0.05, 0) is 43.0 Å². The molecule has 96 valence electrons. The van der Waals surface area contributed by atoms with E-state index in [1.54, 1.807) is 11.9 Å². The van der Waals surface area contributed by atoms with Crippen molar-refractivity contribution >= 4 is 17.6 Å². The summed E-state index contributed by atoms with van der Waals surface area (Å²) in [4.78, 5) is 1.17. The van der Waals surface area contributed by atoms with E-state index >= 15 is 0 Å². The first-order valence-electron chi connectivity index (χ1n) is 6.20.